The molecule has 4 nitrogen and oxygen atoms in total. The maximum atomic E-state index is 4.44. The molecule has 110 valence electrons. The molecule has 1 saturated heterocycles. The van der Waals surface area contributed by atoms with E-state index in [9.17, 15) is 0 Å². The van der Waals surface area contributed by atoms with Crippen molar-refractivity contribution >= 4 is 27.4 Å². The molecule has 5 heteroatoms. The fraction of sp³-hybridized carbons (Fsp3) is 0.375. The molecule has 0 aromatic carbocycles. The zero-order valence-corrected chi connectivity index (χ0v) is 13.7. The molecule has 21 heavy (non-hydrogen) atoms. The topological polar surface area (TPSA) is 41.1 Å². The average molecular weight is 347 g/mol. The highest BCUT2D eigenvalue weighted by Crippen LogP contribution is 2.22. The summed E-state index contributed by atoms with van der Waals surface area (Å²) in [5.74, 6) is 1.08. The number of hydrogen-bond acceptors (Lipinski definition) is 4. The number of pyridine rings is 2. The first-order valence-corrected chi connectivity index (χ1v) is 8.07. The summed E-state index contributed by atoms with van der Waals surface area (Å²) in [6.07, 6.45) is 4.09. The third kappa shape index (κ3) is 3.53. The van der Waals surface area contributed by atoms with Crippen LogP contribution in [0.2, 0.25) is 0 Å². The van der Waals surface area contributed by atoms with Crippen LogP contribution in [0.3, 0.4) is 0 Å². The van der Waals surface area contributed by atoms with Crippen molar-refractivity contribution in [1.82, 2.24) is 9.97 Å². The highest BCUT2D eigenvalue weighted by atomic mass is 79.9. The second-order valence-corrected chi connectivity index (χ2v) is 6.17. The molecule has 3 heterocycles. The SMILES string of the molecule is Cc1nc(Br)ccc1NC1CCN(c2ccccn2)CC1. The summed E-state index contributed by atoms with van der Waals surface area (Å²) in [6.45, 7) is 4.12. The van der Waals surface area contributed by atoms with Crippen LogP contribution in [0, 0.1) is 6.92 Å². The van der Waals surface area contributed by atoms with Crippen molar-refractivity contribution in [3.8, 4) is 0 Å². The minimum absolute atomic E-state index is 0.506. The summed E-state index contributed by atoms with van der Waals surface area (Å²) in [6, 6.07) is 10.7. The van der Waals surface area contributed by atoms with Gasteiger partial charge in [-0.3, -0.25) is 0 Å². The maximum Gasteiger partial charge on any atom is 0.128 e. The lowest BCUT2D eigenvalue weighted by Crippen LogP contribution is -2.39. The number of nitrogens with zero attached hydrogens (tertiary/aromatic N) is 3. The first-order valence-electron chi connectivity index (χ1n) is 7.28. The fourth-order valence-electron chi connectivity index (χ4n) is 2.70. The summed E-state index contributed by atoms with van der Waals surface area (Å²) in [7, 11) is 0. The molecule has 0 unspecified atom stereocenters. The van der Waals surface area contributed by atoms with Gasteiger partial charge in [0, 0.05) is 25.3 Å². The van der Waals surface area contributed by atoms with Crippen molar-refractivity contribution in [2.75, 3.05) is 23.3 Å². The number of piperidine rings is 1. The quantitative estimate of drug-likeness (QED) is 0.861. The molecular weight excluding hydrogens is 328 g/mol. The maximum absolute atomic E-state index is 4.44. The van der Waals surface area contributed by atoms with Crippen LogP contribution in [0.5, 0.6) is 0 Å². The molecule has 2 aromatic heterocycles. The van der Waals surface area contributed by atoms with Crippen LogP contribution >= 0.6 is 15.9 Å². The van der Waals surface area contributed by atoms with Gasteiger partial charge in [-0.15, -0.1) is 0 Å². The standard InChI is InChI=1S/C16H19BrN4/c1-12-14(5-6-15(17)19-12)20-13-7-10-21(11-8-13)16-4-2-3-9-18-16/h2-6,9,13,20H,7-8,10-11H2,1H3. The van der Waals surface area contributed by atoms with Gasteiger partial charge >= 0.3 is 0 Å². The molecule has 0 amide bonds. The van der Waals surface area contributed by atoms with Crippen molar-refractivity contribution in [2.45, 2.75) is 25.8 Å². The summed E-state index contributed by atoms with van der Waals surface area (Å²) in [4.78, 5) is 11.2. The zero-order chi connectivity index (χ0) is 14.7. The number of anilines is 2. The fourth-order valence-corrected chi connectivity index (χ4v) is 3.09. The van der Waals surface area contributed by atoms with Crippen LogP contribution in [0.4, 0.5) is 11.5 Å². The molecule has 0 atom stereocenters. The average Bonchev–Trinajstić information content (AvgIpc) is 2.52. The lowest BCUT2D eigenvalue weighted by Gasteiger charge is -2.33. The van der Waals surface area contributed by atoms with Crippen LogP contribution in [-0.4, -0.2) is 29.1 Å². The largest absolute Gasteiger partial charge is 0.381 e. The lowest BCUT2D eigenvalue weighted by molar-refractivity contribution is 0.523. The van der Waals surface area contributed by atoms with Gasteiger partial charge in [0.15, 0.2) is 0 Å². The Morgan fingerprint density at radius 2 is 2.00 bits per heavy atom. The Hall–Kier alpha value is -1.62. The number of aromatic nitrogens is 2. The number of nitrogens with one attached hydrogen (secondary N) is 1. The molecule has 0 spiro atoms. The van der Waals surface area contributed by atoms with Gasteiger partial charge in [0.1, 0.15) is 10.4 Å². The molecule has 1 aliphatic heterocycles. The van der Waals surface area contributed by atoms with Gasteiger partial charge in [-0.1, -0.05) is 6.07 Å². The van der Waals surface area contributed by atoms with E-state index in [-0.39, 0.29) is 0 Å². The molecule has 0 radical (unpaired) electrons. The molecule has 0 aliphatic carbocycles. The Labute approximate surface area is 133 Å². The van der Waals surface area contributed by atoms with Crippen molar-refractivity contribution in [2.24, 2.45) is 0 Å². The summed E-state index contributed by atoms with van der Waals surface area (Å²) >= 11 is 3.40. The van der Waals surface area contributed by atoms with Gasteiger partial charge in [-0.2, -0.15) is 0 Å². The van der Waals surface area contributed by atoms with Gasteiger partial charge < -0.3 is 10.2 Å². The van der Waals surface area contributed by atoms with E-state index in [1.165, 1.54) is 0 Å². The highest BCUT2D eigenvalue weighted by molar-refractivity contribution is 9.10. The molecule has 1 N–H and O–H groups in total. The van der Waals surface area contributed by atoms with Crippen LogP contribution in [0.15, 0.2) is 41.1 Å². The van der Waals surface area contributed by atoms with Crippen LogP contribution in [0.25, 0.3) is 0 Å². The van der Waals surface area contributed by atoms with E-state index in [0.717, 1.165) is 47.7 Å². The van der Waals surface area contributed by atoms with E-state index in [1.807, 2.05) is 31.3 Å². The summed E-state index contributed by atoms with van der Waals surface area (Å²) < 4.78 is 0.885. The van der Waals surface area contributed by atoms with Gasteiger partial charge in [-0.05, 0) is 60.0 Å². The van der Waals surface area contributed by atoms with E-state index < -0.39 is 0 Å². The Morgan fingerprint density at radius 3 is 2.67 bits per heavy atom. The first-order chi connectivity index (χ1) is 10.2. The molecule has 0 bridgehead atoms. The van der Waals surface area contributed by atoms with Gasteiger partial charge in [-0.25, -0.2) is 9.97 Å². The number of aryl methyl sites for hydroxylation is 1. The minimum Gasteiger partial charge on any atom is -0.381 e. The Morgan fingerprint density at radius 1 is 1.19 bits per heavy atom. The third-order valence-corrected chi connectivity index (χ3v) is 4.32. The summed E-state index contributed by atoms with van der Waals surface area (Å²) in [5, 5.41) is 3.62. The number of hydrogen-bond donors (Lipinski definition) is 1. The predicted molar refractivity (Wildman–Crippen MR) is 89.8 cm³/mol. The monoisotopic (exact) mass is 346 g/mol. The highest BCUT2D eigenvalue weighted by Gasteiger charge is 2.20. The molecule has 1 aliphatic rings. The smallest absolute Gasteiger partial charge is 0.128 e. The molecule has 2 aromatic rings. The van der Waals surface area contributed by atoms with E-state index in [4.69, 9.17) is 0 Å². The van der Waals surface area contributed by atoms with E-state index in [0.29, 0.717) is 6.04 Å². The molecular formula is C16H19BrN4. The van der Waals surface area contributed by atoms with Crippen molar-refractivity contribution in [1.29, 1.82) is 0 Å². The number of halogens is 1. The van der Waals surface area contributed by atoms with Crippen molar-refractivity contribution in [3.63, 3.8) is 0 Å². The van der Waals surface area contributed by atoms with Gasteiger partial charge in [0.25, 0.3) is 0 Å². The molecule has 0 saturated carbocycles. The lowest BCUT2D eigenvalue weighted by atomic mass is 10.0. The minimum atomic E-state index is 0.506. The van der Waals surface area contributed by atoms with E-state index in [1.54, 1.807) is 0 Å². The van der Waals surface area contributed by atoms with Crippen LogP contribution in [-0.2, 0) is 0 Å². The first kappa shape index (κ1) is 14.3. The van der Waals surface area contributed by atoms with E-state index in [2.05, 4.69) is 48.2 Å². The zero-order valence-electron chi connectivity index (χ0n) is 12.1. The predicted octanol–water partition coefficient (Wildman–Crippen LogP) is 3.63. The Balaban J connectivity index is 1.59. The Bertz CT molecular complexity index is 594. The van der Waals surface area contributed by atoms with Crippen molar-refractivity contribution in [3.05, 3.63) is 46.8 Å². The second-order valence-electron chi connectivity index (χ2n) is 5.36. The van der Waals surface area contributed by atoms with E-state index >= 15 is 0 Å². The van der Waals surface area contributed by atoms with Crippen molar-refractivity contribution < 1.29 is 0 Å². The third-order valence-electron chi connectivity index (χ3n) is 3.88. The Kier molecular flexibility index (Phi) is 4.39. The second kappa shape index (κ2) is 6.43. The molecule has 1 fully saturated rings. The van der Waals surface area contributed by atoms with Gasteiger partial charge in [0.05, 0.1) is 11.4 Å². The van der Waals surface area contributed by atoms with Crippen LogP contribution < -0.4 is 10.2 Å². The number of rotatable bonds is 3. The summed E-state index contributed by atoms with van der Waals surface area (Å²) in [5.41, 5.74) is 2.17. The molecule has 3 rings (SSSR count). The van der Waals surface area contributed by atoms with Gasteiger partial charge in [0.2, 0.25) is 0 Å². The van der Waals surface area contributed by atoms with Crippen LogP contribution in [0.1, 0.15) is 18.5 Å². The normalized spacial score (nSPS) is 16.0.